The second-order valence-corrected chi connectivity index (χ2v) is 6.06. The van der Waals surface area contributed by atoms with Crippen molar-refractivity contribution >= 4 is 23.2 Å². The zero-order chi connectivity index (χ0) is 15.8. The molecule has 116 valence electrons. The van der Waals surface area contributed by atoms with Crippen LogP contribution < -0.4 is 0 Å². The van der Waals surface area contributed by atoms with Gasteiger partial charge >= 0.3 is 18.1 Å². The minimum Gasteiger partial charge on any atom is -0.476 e. The van der Waals surface area contributed by atoms with E-state index in [9.17, 15) is 22.8 Å². The number of halogens is 3. The number of aryl methyl sites for hydroxylation is 1. The lowest BCUT2D eigenvalue weighted by Crippen LogP contribution is -2.45. The van der Waals surface area contributed by atoms with Gasteiger partial charge in [-0.3, -0.25) is 4.79 Å². The van der Waals surface area contributed by atoms with Crippen LogP contribution in [0.2, 0.25) is 0 Å². The lowest BCUT2D eigenvalue weighted by atomic mass is 9.97. The predicted octanol–water partition coefficient (Wildman–Crippen LogP) is 2.42. The second-order valence-electron chi connectivity index (χ2n) is 4.83. The molecule has 1 aliphatic rings. The summed E-state index contributed by atoms with van der Waals surface area (Å²) in [5.41, 5.74) is -0.0104. The van der Waals surface area contributed by atoms with Crippen molar-refractivity contribution in [3.05, 3.63) is 15.6 Å². The second kappa shape index (κ2) is 5.63. The van der Waals surface area contributed by atoms with E-state index in [0.717, 1.165) is 4.90 Å². The van der Waals surface area contributed by atoms with Gasteiger partial charge in [-0.1, -0.05) is 0 Å². The molecule has 1 saturated heterocycles. The molecule has 1 N–H and O–H groups in total. The van der Waals surface area contributed by atoms with Gasteiger partial charge in [-0.2, -0.15) is 13.2 Å². The lowest BCUT2D eigenvalue weighted by Gasteiger charge is -2.31. The standard InChI is InChI=1S/C12H13F3N2O3S/c1-6-8(10(18)19)16-9(21-6)7-2-4-17(5-3-7)11(20)12(13,14)15/h7H,2-5H2,1H3,(H,18,19). The van der Waals surface area contributed by atoms with Crippen LogP contribution in [0.15, 0.2) is 0 Å². The molecule has 0 aliphatic carbocycles. The van der Waals surface area contributed by atoms with Gasteiger partial charge in [0.2, 0.25) is 0 Å². The van der Waals surface area contributed by atoms with E-state index in [4.69, 9.17) is 5.11 Å². The number of carboxylic acid groups (broad SMARTS) is 1. The highest BCUT2D eigenvalue weighted by atomic mass is 32.1. The Morgan fingerprint density at radius 1 is 1.33 bits per heavy atom. The SMILES string of the molecule is Cc1sc(C2CCN(C(=O)C(F)(F)F)CC2)nc1C(=O)O. The highest BCUT2D eigenvalue weighted by Crippen LogP contribution is 2.33. The summed E-state index contributed by atoms with van der Waals surface area (Å²) in [6.45, 7) is 1.65. The van der Waals surface area contributed by atoms with Crippen molar-refractivity contribution < 1.29 is 27.9 Å². The van der Waals surface area contributed by atoms with Crippen LogP contribution >= 0.6 is 11.3 Å². The fourth-order valence-electron chi connectivity index (χ4n) is 2.30. The number of nitrogens with zero attached hydrogens (tertiary/aromatic N) is 2. The van der Waals surface area contributed by atoms with Crippen molar-refractivity contribution in [2.75, 3.05) is 13.1 Å². The van der Waals surface area contributed by atoms with E-state index < -0.39 is 18.1 Å². The molecule has 9 heteroatoms. The normalized spacial score (nSPS) is 17.0. The highest BCUT2D eigenvalue weighted by molar-refractivity contribution is 7.12. The zero-order valence-corrected chi connectivity index (χ0v) is 11.9. The van der Waals surface area contributed by atoms with Crippen LogP contribution in [-0.2, 0) is 4.79 Å². The smallest absolute Gasteiger partial charge is 0.471 e. The lowest BCUT2D eigenvalue weighted by molar-refractivity contribution is -0.186. The number of thiazole rings is 1. The molecule has 1 aromatic rings. The molecule has 2 rings (SSSR count). The molecular formula is C12H13F3N2O3S. The van der Waals surface area contributed by atoms with Crippen LogP contribution in [0, 0.1) is 6.92 Å². The molecule has 0 unspecified atom stereocenters. The van der Waals surface area contributed by atoms with Gasteiger partial charge in [0.1, 0.15) is 0 Å². The van der Waals surface area contributed by atoms with E-state index in [2.05, 4.69) is 4.98 Å². The first-order valence-corrected chi connectivity index (χ1v) is 7.08. The van der Waals surface area contributed by atoms with Crippen LogP contribution in [0.25, 0.3) is 0 Å². The van der Waals surface area contributed by atoms with Crippen LogP contribution in [0.3, 0.4) is 0 Å². The molecule has 1 aromatic heterocycles. The maximum Gasteiger partial charge on any atom is 0.471 e. The van der Waals surface area contributed by atoms with Gasteiger partial charge in [-0.25, -0.2) is 9.78 Å². The first-order valence-electron chi connectivity index (χ1n) is 6.27. The molecule has 21 heavy (non-hydrogen) atoms. The highest BCUT2D eigenvalue weighted by Gasteiger charge is 2.43. The number of hydrogen-bond donors (Lipinski definition) is 1. The average Bonchev–Trinajstić information content (AvgIpc) is 2.79. The van der Waals surface area contributed by atoms with Crippen LogP contribution in [-0.4, -0.2) is 46.1 Å². The number of rotatable bonds is 2. The molecule has 0 spiro atoms. The molecule has 1 fully saturated rings. The summed E-state index contributed by atoms with van der Waals surface area (Å²) >= 11 is 1.25. The van der Waals surface area contributed by atoms with Crippen molar-refractivity contribution in [3.8, 4) is 0 Å². The fourth-order valence-corrected chi connectivity index (χ4v) is 3.38. The van der Waals surface area contributed by atoms with E-state index in [1.165, 1.54) is 11.3 Å². The number of aromatic nitrogens is 1. The Labute approximate surface area is 122 Å². The quantitative estimate of drug-likeness (QED) is 0.908. The Morgan fingerprint density at radius 3 is 2.33 bits per heavy atom. The Balaban J connectivity index is 2.03. The van der Waals surface area contributed by atoms with Crippen molar-refractivity contribution in [1.82, 2.24) is 9.88 Å². The summed E-state index contributed by atoms with van der Waals surface area (Å²) in [5.74, 6) is -3.03. The van der Waals surface area contributed by atoms with Gasteiger partial charge < -0.3 is 10.0 Å². The molecule has 0 radical (unpaired) electrons. The topological polar surface area (TPSA) is 70.5 Å². The third kappa shape index (κ3) is 3.34. The summed E-state index contributed by atoms with van der Waals surface area (Å²) < 4.78 is 37.0. The Hall–Kier alpha value is -1.64. The molecule has 1 amide bonds. The first kappa shape index (κ1) is 15.7. The molecule has 2 heterocycles. The number of carbonyl (C=O) groups excluding carboxylic acids is 1. The third-order valence-electron chi connectivity index (χ3n) is 3.39. The number of piperidine rings is 1. The van der Waals surface area contributed by atoms with Gasteiger partial charge in [-0.15, -0.1) is 11.3 Å². The van der Waals surface area contributed by atoms with E-state index in [1.54, 1.807) is 6.92 Å². The summed E-state index contributed by atoms with van der Waals surface area (Å²) in [4.78, 5) is 27.5. The Bertz CT molecular complexity index is 563. The third-order valence-corrected chi connectivity index (χ3v) is 4.52. The van der Waals surface area contributed by atoms with Crippen molar-refractivity contribution in [2.24, 2.45) is 0 Å². The molecule has 5 nitrogen and oxygen atoms in total. The minimum absolute atomic E-state index is 0.00401. The minimum atomic E-state index is -4.85. The predicted molar refractivity (Wildman–Crippen MR) is 68.4 cm³/mol. The molecule has 0 aromatic carbocycles. The number of carboxylic acids is 1. The molecule has 1 aliphatic heterocycles. The molecule has 0 bridgehead atoms. The average molecular weight is 322 g/mol. The number of likely N-dealkylation sites (tertiary alicyclic amines) is 1. The molecular weight excluding hydrogens is 309 g/mol. The zero-order valence-electron chi connectivity index (χ0n) is 11.1. The van der Waals surface area contributed by atoms with Crippen molar-refractivity contribution in [1.29, 1.82) is 0 Å². The Kier molecular flexibility index (Phi) is 4.22. The van der Waals surface area contributed by atoms with E-state index in [0.29, 0.717) is 22.7 Å². The fraction of sp³-hybridized carbons (Fsp3) is 0.583. The van der Waals surface area contributed by atoms with Gasteiger partial charge in [0.25, 0.3) is 0 Å². The maximum atomic E-state index is 12.3. The van der Waals surface area contributed by atoms with Gasteiger partial charge in [-0.05, 0) is 19.8 Å². The van der Waals surface area contributed by atoms with E-state index >= 15 is 0 Å². The number of alkyl halides is 3. The first-order chi connectivity index (χ1) is 9.70. The number of amides is 1. The molecule has 0 atom stereocenters. The van der Waals surface area contributed by atoms with Crippen LogP contribution in [0.1, 0.15) is 39.1 Å². The molecule has 0 saturated carbocycles. The van der Waals surface area contributed by atoms with Crippen molar-refractivity contribution in [2.45, 2.75) is 31.9 Å². The van der Waals surface area contributed by atoms with Crippen LogP contribution in [0.4, 0.5) is 13.2 Å². The maximum absolute atomic E-state index is 12.3. The summed E-state index contributed by atoms with van der Waals surface area (Å²) in [6, 6.07) is 0. The number of hydrogen-bond acceptors (Lipinski definition) is 4. The van der Waals surface area contributed by atoms with Gasteiger partial charge in [0.15, 0.2) is 5.69 Å². The summed E-state index contributed by atoms with van der Waals surface area (Å²) in [6.07, 6.45) is -4.14. The van der Waals surface area contributed by atoms with Gasteiger partial charge in [0.05, 0.1) is 5.01 Å². The summed E-state index contributed by atoms with van der Waals surface area (Å²) in [7, 11) is 0. The van der Waals surface area contributed by atoms with E-state index in [1.807, 2.05) is 0 Å². The largest absolute Gasteiger partial charge is 0.476 e. The Morgan fingerprint density at radius 2 is 1.90 bits per heavy atom. The summed E-state index contributed by atoms with van der Waals surface area (Å²) in [5, 5.41) is 9.56. The number of aromatic carboxylic acids is 1. The monoisotopic (exact) mass is 322 g/mol. The van der Waals surface area contributed by atoms with Crippen molar-refractivity contribution in [3.63, 3.8) is 0 Å². The number of carbonyl (C=O) groups is 2. The van der Waals surface area contributed by atoms with Crippen LogP contribution in [0.5, 0.6) is 0 Å². The van der Waals surface area contributed by atoms with E-state index in [-0.39, 0.29) is 24.7 Å². The van der Waals surface area contributed by atoms with Gasteiger partial charge in [0, 0.05) is 23.9 Å².